The standard InChI is InChI=1S/C21H13BrFN3O3S/c1-2-15-24-25-21(30-15)26-17(10-3-5-11(22)6-4-10)16-18(27)13-9-12(23)7-8-14(13)29-19(16)20(26)28/h3-9,17H,2H2,1H3. The molecule has 0 radical (unpaired) electrons. The van der Waals surface area contributed by atoms with Crippen LogP contribution in [0.15, 0.2) is 56.1 Å². The topological polar surface area (TPSA) is 76.3 Å². The van der Waals surface area contributed by atoms with Crippen LogP contribution < -0.4 is 10.3 Å². The number of aryl methyl sites for hydroxylation is 1. The van der Waals surface area contributed by atoms with Crippen LogP contribution in [0.2, 0.25) is 0 Å². The Hall–Kier alpha value is -2.91. The molecule has 0 saturated carbocycles. The average molecular weight is 486 g/mol. The maximum atomic E-state index is 13.8. The number of hydrogen-bond donors (Lipinski definition) is 0. The Morgan fingerprint density at radius 1 is 1.17 bits per heavy atom. The normalized spacial score (nSPS) is 15.8. The lowest BCUT2D eigenvalue weighted by atomic mass is 9.99. The van der Waals surface area contributed by atoms with Crippen LogP contribution in [-0.2, 0) is 6.42 Å². The number of carbonyl (C=O) groups is 1. The van der Waals surface area contributed by atoms with Crippen LogP contribution in [0.4, 0.5) is 9.52 Å². The van der Waals surface area contributed by atoms with E-state index in [1.807, 2.05) is 31.2 Å². The van der Waals surface area contributed by atoms with Gasteiger partial charge in [-0.05, 0) is 42.3 Å². The van der Waals surface area contributed by atoms with Gasteiger partial charge in [0.15, 0.2) is 5.43 Å². The first kappa shape index (κ1) is 19.1. The number of halogens is 2. The molecule has 3 heterocycles. The summed E-state index contributed by atoms with van der Waals surface area (Å²) in [6.45, 7) is 1.95. The van der Waals surface area contributed by atoms with Crippen LogP contribution in [-0.4, -0.2) is 16.1 Å². The largest absolute Gasteiger partial charge is 0.450 e. The smallest absolute Gasteiger partial charge is 0.297 e. The second-order valence-electron chi connectivity index (χ2n) is 6.78. The summed E-state index contributed by atoms with van der Waals surface area (Å²) in [4.78, 5) is 28.2. The van der Waals surface area contributed by atoms with E-state index in [-0.39, 0.29) is 22.3 Å². The lowest BCUT2D eigenvalue weighted by Gasteiger charge is -2.22. The molecule has 9 heteroatoms. The second-order valence-corrected chi connectivity index (χ2v) is 8.73. The van der Waals surface area contributed by atoms with Gasteiger partial charge in [-0.1, -0.05) is 46.3 Å². The van der Waals surface area contributed by atoms with Gasteiger partial charge in [0.25, 0.3) is 5.91 Å². The van der Waals surface area contributed by atoms with Crippen LogP contribution in [0, 0.1) is 5.82 Å². The van der Waals surface area contributed by atoms with Crippen LogP contribution in [0.25, 0.3) is 11.0 Å². The minimum atomic E-state index is -0.748. The molecule has 0 saturated heterocycles. The monoisotopic (exact) mass is 485 g/mol. The van der Waals surface area contributed by atoms with E-state index in [9.17, 15) is 14.0 Å². The first-order chi connectivity index (χ1) is 14.5. The summed E-state index contributed by atoms with van der Waals surface area (Å²) in [5.41, 5.74) is 0.612. The SMILES string of the molecule is CCc1nnc(N2C(=O)c3oc4ccc(F)cc4c(=O)c3C2c2ccc(Br)cc2)s1. The number of aromatic nitrogens is 2. The molecule has 5 rings (SSSR count). The lowest BCUT2D eigenvalue weighted by molar-refractivity contribution is 0.0970. The number of nitrogens with zero attached hydrogens (tertiary/aromatic N) is 3. The van der Waals surface area contributed by atoms with Crippen molar-refractivity contribution in [3.05, 3.63) is 84.9 Å². The third kappa shape index (κ3) is 2.88. The fourth-order valence-corrected chi connectivity index (χ4v) is 4.66. The summed E-state index contributed by atoms with van der Waals surface area (Å²) in [7, 11) is 0. The highest BCUT2D eigenvalue weighted by Gasteiger charge is 2.45. The van der Waals surface area contributed by atoms with Crippen molar-refractivity contribution in [2.24, 2.45) is 0 Å². The lowest BCUT2D eigenvalue weighted by Crippen LogP contribution is -2.29. The van der Waals surface area contributed by atoms with Crippen LogP contribution >= 0.6 is 27.3 Å². The molecular weight excluding hydrogens is 473 g/mol. The predicted octanol–water partition coefficient (Wildman–Crippen LogP) is 4.86. The quantitative estimate of drug-likeness (QED) is 0.414. The van der Waals surface area contributed by atoms with E-state index in [4.69, 9.17) is 4.42 Å². The van der Waals surface area contributed by atoms with Crippen molar-refractivity contribution in [3.63, 3.8) is 0 Å². The summed E-state index contributed by atoms with van der Waals surface area (Å²) in [6, 6.07) is 10.2. The van der Waals surface area contributed by atoms with E-state index in [0.29, 0.717) is 17.1 Å². The van der Waals surface area contributed by atoms with Gasteiger partial charge in [-0.15, -0.1) is 10.2 Å². The van der Waals surface area contributed by atoms with Gasteiger partial charge in [-0.3, -0.25) is 14.5 Å². The van der Waals surface area contributed by atoms with Crippen molar-refractivity contribution in [2.75, 3.05) is 4.90 Å². The third-order valence-corrected chi connectivity index (χ3v) is 6.58. The zero-order chi connectivity index (χ0) is 21.0. The zero-order valence-electron chi connectivity index (χ0n) is 15.6. The number of anilines is 1. The van der Waals surface area contributed by atoms with Crippen molar-refractivity contribution < 1.29 is 13.6 Å². The minimum absolute atomic E-state index is 0.0553. The van der Waals surface area contributed by atoms with Crippen molar-refractivity contribution in [1.29, 1.82) is 0 Å². The molecule has 1 aliphatic heterocycles. The van der Waals surface area contributed by atoms with Gasteiger partial charge in [0.05, 0.1) is 17.0 Å². The summed E-state index contributed by atoms with van der Waals surface area (Å²) >= 11 is 4.69. The first-order valence-corrected chi connectivity index (χ1v) is 10.8. The molecule has 150 valence electrons. The molecule has 0 aliphatic carbocycles. The molecule has 1 aliphatic rings. The number of amides is 1. The van der Waals surface area contributed by atoms with Gasteiger partial charge in [0.2, 0.25) is 10.9 Å². The van der Waals surface area contributed by atoms with Crippen LogP contribution in [0.3, 0.4) is 0 Å². The Morgan fingerprint density at radius 3 is 2.63 bits per heavy atom. The van der Waals surface area contributed by atoms with Crippen LogP contribution in [0.1, 0.15) is 39.7 Å². The number of hydrogen-bond acceptors (Lipinski definition) is 6. The highest BCUT2D eigenvalue weighted by molar-refractivity contribution is 9.10. The highest BCUT2D eigenvalue weighted by Crippen LogP contribution is 2.42. The summed E-state index contributed by atoms with van der Waals surface area (Å²) in [5, 5.41) is 9.53. The molecule has 2 aromatic carbocycles. The summed E-state index contributed by atoms with van der Waals surface area (Å²) < 4.78 is 20.5. The van der Waals surface area contributed by atoms with Gasteiger partial charge in [0, 0.05) is 4.47 Å². The Balaban J connectivity index is 1.80. The molecule has 30 heavy (non-hydrogen) atoms. The van der Waals surface area contributed by atoms with E-state index in [0.717, 1.165) is 15.5 Å². The molecule has 0 fully saturated rings. The molecule has 0 spiro atoms. The third-order valence-electron chi connectivity index (χ3n) is 4.98. The highest BCUT2D eigenvalue weighted by atomic mass is 79.9. The molecule has 1 unspecified atom stereocenters. The van der Waals surface area contributed by atoms with Crippen molar-refractivity contribution in [3.8, 4) is 0 Å². The summed E-state index contributed by atoms with van der Waals surface area (Å²) in [5.74, 6) is -1.08. The van der Waals surface area contributed by atoms with Crippen molar-refractivity contribution in [2.45, 2.75) is 19.4 Å². The van der Waals surface area contributed by atoms with Crippen molar-refractivity contribution in [1.82, 2.24) is 10.2 Å². The van der Waals surface area contributed by atoms with Crippen molar-refractivity contribution >= 4 is 49.3 Å². The molecule has 0 bridgehead atoms. The molecule has 4 aromatic rings. The van der Waals surface area contributed by atoms with Gasteiger partial charge in [-0.2, -0.15) is 0 Å². The predicted molar refractivity (Wildman–Crippen MR) is 115 cm³/mol. The Kier molecular flexibility index (Phi) is 4.52. The Labute approximate surface area is 182 Å². The van der Waals surface area contributed by atoms with E-state index in [1.54, 1.807) is 0 Å². The van der Waals surface area contributed by atoms with Crippen LogP contribution in [0.5, 0.6) is 0 Å². The molecule has 0 N–H and O–H groups in total. The van der Waals surface area contributed by atoms with Gasteiger partial charge < -0.3 is 4.42 Å². The average Bonchev–Trinajstić information content (AvgIpc) is 3.32. The maximum Gasteiger partial charge on any atom is 0.297 e. The molecule has 1 amide bonds. The summed E-state index contributed by atoms with van der Waals surface area (Å²) in [6.07, 6.45) is 0.677. The minimum Gasteiger partial charge on any atom is -0.450 e. The molecule has 6 nitrogen and oxygen atoms in total. The van der Waals surface area contributed by atoms with E-state index >= 15 is 0 Å². The second kappa shape index (κ2) is 7.10. The van der Waals surface area contributed by atoms with Gasteiger partial charge in [-0.25, -0.2) is 4.39 Å². The molecule has 2 aromatic heterocycles. The Bertz CT molecular complexity index is 1370. The van der Waals surface area contributed by atoms with Gasteiger partial charge >= 0.3 is 0 Å². The zero-order valence-corrected chi connectivity index (χ0v) is 18.0. The van der Waals surface area contributed by atoms with E-state index < -0.39 is 23.2 Å². The van der Waals surface area contributed by atoms with Gasteiger partial charge in [0.1, 0.15) is 16.4 Å². The fourth-order valence-electron chi connectivity index (χ4n) is 3.59. The number of fused-ring (bicyclic) bond motifs is 2. The van der Waals surface area contributed by atoms with E-state index in [1.165, 1.54) is 28.4 Å². The van der Waals surface area contributed by atoms with E-state index in [2.05, 4.69) is 26.1 Å². The molecule has 1 atom stereocenters. The number of rotatable bonds is 3. The number of carbonyl (C=O) groups excluding carboxylic acids is 1. The first-order valence-electron chi connectivity index (χ1n) is 9.15. The fraction of sp³-hybridized carbons (Fsp3) is 0.143. The Morgan fingerprint density at radius 2 is 1.93 bits per heavy atom. The molecular formula is C21H13BrFN3O3S. The maximum absolute atomic E-state index is 13.8. The number of benzene rings is 2.